The van der Waals surface area contributed by atoms with Crippen molar-refractivity contribution in [2.24, 2.45) is 4.99 Å². The molecule has 5 heterocycles. The molecule has 53 heavy (non-hydrogen) atoms. The van der Waals surface area contributed by atoms with Gasteiger partial charge in [-0.25, -0.2) is 4.98 Å². The van der Waals surface area contributed by atoms with Crippen LogP contribution in [0.25, 0.3) is 16.1 Å². The van der Waals surface area contributed by atoms with Crippen molar-refractivity contribution in [3.8, 4) is 16.1 Å². The Morgan fingerprint density at radius 2 is 1.62 bits per heavy atom. The molecule has 0 radical (unpaired) electrons. The number of pyridine rings is 1. The number of fused-ring (bicyclic) bond motifs is 4. The zero-order valence-electron chi connectivity index (χ0n) is 29.6. The van der Waals surface area contributed by atoms with Crippen LogP contribution in [0.3, 0.4) is 0 Å². The molecular weight excluding hydrogens is 728 g/mol. The number of aliphatic imine (C=N–C) groups is 1. The second kappa shape index (κ2) is 14.9. The first-order valence-electron chi connectivity index (χ1n) is 17.4. The van der Waals surface area contributed by atoms with Gasteiger partial charge in [-0.15, -0.1) is 21.5 Å². The lowest BCUT2D eigenvalue weighted by atomic mass is 9.99. The summed E-state index contributed by atoms with van der Waals surface area (Å²) in [7, 11) is 0. The minimum absolute atomic E-state index is 0. The average Bonchev–Trinajstić information content (AvgIpc) is 3.79. The van der Waals surface area contributed by atoms with Gasteiger partial charge in [0.05, 0.1) is 18.7 Å². The van der Waals surface area contributed by atoms with Crippen LogP contribution in [-0.2, 0) is 27.2 Å². The molecule has 0 spiro atoms. The van der Waals surface area contributed by atoms with Crippen molar-refractivity contribution in [1.29, 1.82) is 0 Å². The molecule has 1 atom stereocenters. The molecule has 0 unspecified atom stereocenters. The number of hydrogen-bond acceptors (Lipinski definition) is 9. The first-order valence-corrected chi connectivity index (χ1v) is 18.6. The molecule has 2 amide bonds. The van der Waals surface area contributed by atoms with Crippen molar-refractivity contribution < 1.29 is 14.4 Å². The maximum Gasteiger partial charge on any atom is 0.242 e. The Kier molecular flexibility index (Phi) is 10.2. The number of carbonyl (C=O) groups excluding carboxylic acids is 3. The number of anilines is 1. The summed E-state index contributed by atoms with van der Waals surface area (Å²) in [5.41, 5.74) is 8.06. The fourth-order valence-corrected chi connectivity index (χ4v) is 8.56. The third-order valence-electron chi connectivity index (χ3n) is 10.2. The zero-order chi connectivity index (χ0) is 36.1. The third-order valence-corrected chi connectivity index (χ3v) is 11.6. The Hall–Kier alpha value is -4.85. The summed E-state index contributed by atoms with van der Waals surface area (Å²) in [5, 5.41) is 13.3. The minimum Gasteiger partial charge on any atom is -0.353 e. The van der Waals surface area contributed by atoms with Crippen LogP contribution in [0.1, 0.15) is 56.8 Å². The number of benzene rings is 2. The van der Waals surface area contributed by atoms with Crippen LogP contribution in [0.5, 0.6) is 0 Å². The molecule has 1 saturated heterocycles. The maximum absolute atomic E-state index is 13.4. The SMILES string of the molecule is Cc1sc2c(c1C)C(c1ccc(Cl)cc1)=N[C@@H](CC(=O)NCC(=O)N1CCN(c3ccc(-c4ccc5c(c4)CC(=O)C5)cn3)CC1)c1nnc(C)n1-2.S. The predicted octanol–water partition coefficient (Wildman–Crippen LogP) is 5.50. The molecule has 5 aromatic rings. The minimum atomic E-state index is -0.615. The van der Waals surface area contributed by atoms with E-state index >= 15 is 0 Å². The van der Waals surface area contributed by atoms with Gasteiger partial charge < -0.3 is 15.1 Å². The number of piperazine rings is 1. The lowest BCUT2D eigenvalue weighted by Crippen LogP contribution is -2.51. The first-order chi connectivity index (χ1) is 25.1. The molecule has 3 aliphatic rings. The smallest absolute Gasteiger partial charge is 0.242 e. The van der Waals surface area contributed by atoms with Crippen molar-refractivity contribution in [2.45, 2.75) is 46.1 Å². The molecule has 0 bridgehead atoms. The van der Waals surface area contributed by atoms with Crippen LogP contribution in [-0.4, -0.2) is 80.7 Å². The molecule has 0 saturated carbocycles. The molecule has 1 N–H and O–H groups in total. The van der Waals surface area contributed by atoms with Gasteiger partial charge in [0.2, 0.25) is 11.8 Å². The van der Waals surface area contributed by atoms with E-state index in [9.17, 15) is 14.4 Å². The van der Waals surface area contributed by atoms with Gasteiger partial charge in [-0.3, -0.25) is 23.9 Å². The number of carbonyl (C=O) groups is 3. The molecule has 11 nitrogen and oxygen atoms in total. The van der Waals surface area contributed by atoms with Crippen LogP contribution < -0.4 is 10.2 Å². The Morgan fingerprint density at radius 1 is 0.906 bits per heavy atom. The van der Waals surface area contributed by atoms with E-state index in [2.05, 4.69) is 46.4 Å². The number of nitrogens with one attached hydrogen (secondary N) is 1. The Morgan fingerprint density at radius 3 is 2.36 bits per heavy atom. The van der Waals surface area contributed by atoms with E-state index in [0.717, 1.165) is 55.5 Å². The van der Waals surface area contributed by atoms with Crippen molar-refractivity contribution in [3.63, 3.8) is 0 Å². The van der Waals surface area contributed by atoms with E-state index < -0.39 is 6.04 Å². The van der Waals surface area contributed by atoms with Crippen LogP contribution >= 0.6 is 36.4 Å². The molecule has 14 heteroatoms. The highest BCUT2D eigenvalue weighted by Crippen LogP contribution is 2.39. The van der Waals surface area contributed by atoms with Gasteiger partial charge in [0, 0.05) is 71.8 Å². The highest BCUT2D eigenvalue weighted by atomic mass is 35.5. The van der Waals surface area contributed by atoms with Gasteiger partial charge in [-0.2, -0.15) is 13.5 Å². The molecule has 272 valence electrons. The highest BCUT2D eigenvalue weighted by molar-refractivity contribution is 7.59. The van der Waals surface area contributed by atoms with E-state index in [-0.39, 0.29) is 44.1 Å². The van der Waals surface area contributed by atoms with Crippen molar-refractivity contribution in [2.75, 3.05) is 37.6 Å². The number of rotatable bonds is 7. The maximum atomic E-state index is 13.4. The predicted molar refractivity (Wildman–Crippen MR) is 212 cm³/mol. The summed E-state index contributed by atoms with van der Waals surface area (Å²) in [4.78, 5) is 53.5. The van der Waals surface area contributed by atoms with Gasteiger partial charge >= 0.3 is 0 Å². The summed E-state index contributed by atoms with van der Waals surface area (Å²) in [6.07, 6.45) is 2.90. The lowest BCUT2D eigenvalue weighted by Gasteiger charge is -2.35. The first kappa shape index (κ1) is 36.5. The van der Waals surface area contributed by atoms with Crippen LogP contribution in [0.4, 0.5) is 5.82 Å². The fourth-order valence-electron chi connectivity index (χ4n) is 7.22. The molecular formula is C39H39ClN8O3S2. The molecule has 1 aliphatic carbocycles. The van der Waals surface area contributed by atoms with Crippen LogP contribution in [0, 0.1) is 20.8 Å². The molecule has 8 rings (SSSR count). The fraction of sp³-hybridized carbons (Fsp3) is 0.308. The Bertz CT molecular complexity index is 2260. The number of aromatic nitrogens is 4. The number of halogens is 1. The van der Waals surface area contributed by atoms with Crippen molar-refractivity contribution in [1.82, 2.24) is 30.0 Å². The summed E-state index contributed by atoms with van der Waals surface area (Å²) in [6.45, 7) is 8.29. The number of thiophene rings is 1. The van der Waals surface area contributed by atoms with Gasteiger partial charge in [0.1, 0.15) is 28.5 Å². The molecule has 1 fully saturated rings. The third kappa shape index (κ3) is 7.12. The summed E-state index contributed by atoms with van der Waals surface area (Å²) >= 11 is 7.88. The summed E-state index contributed by atoms with van der Waals surface area (Å²) in [6, 6.07) is 17.2. The van der Waals surface area contributed by atoms with E-state index in [0.29, 0.717) is 55.7 Å². The Labute approximate surface area is 323 Å². The standard InChI is InChI=1S/C39H37ClN8O3S.H2S/c1-22-23(2)52-39-36(22)37(25-6-9-30(40)10-7-25)43-32(38-45-44-24(3)48(38)39)19-34(50)42-21-35(51)47-14-12-46(13-15-47)33-11-8-28(20-41-33)26-4-5-27-17-31(49)18-29(27)16-26;/h4-11,16,20,32H,12-15,17-19,21H2,1-3H3,(H,42,50);1H2/t32-;/m0./s1. The molecule has 2 aliphatic heterocycles. The quantitative estimate of drug-likeness (QED) is 0.232. The second-order valence-corrected chi connectivity index (χ2v) is 15.2. The van der Waals surface area contributed by atoms with Gasteiger partial charge in [0.15, 0.2) is 5.82 Å². The number of nitrogens with zero attached hydrogens (tertiary/aromatic N) is 7. The van der Waals surface area contributed by atoms with Crippen molar-refractivity contribution in [3.05, 3.63) is 110 Å². The van der Waals surface area contributed by atoms with Crippen LogP contribution in [0.15, 0.2) is 65.8 Å². The van der Waals surface area contributed by atoms with Gasteiger partial charge in [0.25, 0.3) is 0 Å². The van der Waals surface area contributed by atoms with E-state index in [1.165, 1.54) is 4.88 Å². The summed E-state index contributed by atoms with van der Waals surface area (Å²) in [5.74, 6) is 2.00. The number of amides is 2. The average molecular weight is 767 g/mol. The number of ketones is 1. The monoisotopic (exact) mass is 766 g/mol. The highest BCUT2D eigenvalue weighted by Gasteiger charge is 2.33. The van der Waals surface area contributed by atoms with Gasteiger partial charge in [-0.1, -0.05) is 41.9 Å². The summed E-state index contributed by atoms with van der Waals surface area (Å²) < 4.78 is 2.01. The normalized spacial score (nSPS) is 16.3. The van der Waals surface area contributed by atoms with E-state index in [1.54, 1.807) is 16.2 Å². The Balaban J connectivity index is 0.00000435. The van der Waals surface area contributed by atoms with E-state index in [4.69, 9.17) is 21.6 Å². The topological polar surface area (TPSA) is 126 Å². The number of aryl methyl sites for hydroxylation is 2. The number of Topliss-reactive ketones (excluding diaryl/α,β-unsaturated/α-hetero) is 1. The second-order valence-electron chi connectivity index (χ2n) is 13.5. The van der Waals surface area contributed by atoms with E-state index in [1.807, 2.05) is 60.2 Å². The molecule has 2 aromatic carbocycles. The van der Waals surface area contributed by atoms with Crippen molar-refractivity contribution >= 4 is 65.6 Å². The lowest BCUT2D eigenvalue weighted by molar-refractivity contribution is -0.133. The largest absolute Gasteiger partial charge is 0.353 e. The zero-order valence-corrected chi connectivity index (χ0v) is 32.2. The van der Waals surface area contributed by atoms with Gasteiger partial charge in [-0.05, 0) is 67.3 Å². The van der Waals surface area contributed by atoms with Crippen LogP contribution in [0.2, 0.25) is 5.02 Å². The molecule has 3 aromatic heterocycles. The number of hydrogen-bond donors (Lipinski definition) is 1.